The smallest absolute Gasteiger partial charge is 0.306 e. The molecule has 23 heavy (non-hydrogen) atoms. The summed E-state index contributed by atoms with van der Waals surface area (Å²) in [5.41, 5.74) is 2.11. The molecule has 0 radical (unpaired) electrons. The van der Waals surface area contributed by atoms with Crippen molar-refractivity contribution < 1.29 is 9.90 Å². The van der Waals surface area contributed by atoms with Gasteiger partial charge in [-0.2, -0.15) is 0 Å². The van der Waals surface area contributed by atoms with Gasteiger partial charge in [-0.3, -0.25) is 14.7 Å². The molecule has 1 unspecified atom stereocenters. The molecule has 6 heteroatoms. The SMILES string of the molecule is Cc1ccc(C(c2ccc(Cl)s2)N2CCC(C(=O)O)CC2)nc1. The van der Waals surface area contributed by atoms with Crippen molar-refractivity contribution in [3.05, 3.63) is 50.9 Å². The third-order valence-corrected chi connectivity index (χ3v) is 5.61. The highest BCUT2D eigenvalue weighted by atomic mass is 35.5. The van der Waals surface area contributed by atoms with E-state index in [1.807, 2.05) is 25.3 Å². The molecule has 1 aliphatic rings. The predicted octanol–water partition coefficient (Wildman–Crippen LogP) is 3.99. The van der Waals surface area contributed by atoms with Crippen LogP contribution >= 0.6 is 22.9 Å². The summed E-state index contributed by atoms with van der Waals surface area (Å²) in [5.74, 6) is -0.918. The quantitative estimate of drug-likeness (QED) is 0.905. The first-order chi connectivity index (χ1) is 11.0. The van der Waals surface area contributed by atoms with Crippen LogP contribution < -0.4 is 0 Å². The topological polar surface area (TPSA) is 53.4 Å². The first-order valence-corrected chi connectivity index (χ1v) is 8.88. The van der Waals surface area contributed by atoms with E-state index in [4.69, 9.17) is 11.6 Å². The zero-order chi connectivity index (χ0) is 16.4. The number of halogens is 1. The molecule has 0 aliphatic carbocycles. The fraction of sp³-hybridized carbons (Fsp3) is 0.412. The Hall–Kier alpha value is -1.43. The van der Waals surface area contributed by atoms with Crippen LogP contribution in [0.4, 0.5) is 0 Å². The van der Waals surface area contributed by atoms with Crippen molar-refractivity contribution in [1.29, 1.82) is 0 Å². The third-order valence-electron chi connectivity index (χ3n) is 4.32. The lowest BCUT2D eigenvalue weighted by atomic mass is 9.95. The maximum absolute atomic E-state index is 11.2. The Morgan fingerprint density at radius 3 is 2.61 bits per heavy atom. The van der Waals surface area contributed by atoms with Crippen molar-refractivity contribution in [2.75, 3.05) is 13.1 Å². The molecule has 1 atom stereocenters. The molecular weight excluding hydrogens is 332 g/mol. The zero-order valence-electron chi connectivity index (χ0n) is 12.9. The molecule has 0 saturated carbocycles. The predicted molar refractivity (Wildman–Crippen MR) is 92.1 cm³/mol. The number of hydrogen-bond donors (Lipinski definition) is 1. The van der Waals surface area contributed by atoms with Crippen molar-refractivity contribution in [3.63, 3.8) is 0 Å². The van der Waals surface area contributed by atoms with Gasteiger partial charge in [0.25, 0.3) is 0 Å². The van der Waals surface area contributed by atoms with Gasteiger partial charge >= 0.3 is 5.97 Å². The number of rotatable bonds is 4. The Kier molecular flexibility index (Phi) is 4.99. The van der Waals surface area contributed by atoms with E-state index in [-0.39, 0.29) is 12.0 Å². The maximum atomic E-state index is 11.2. The van der Waals surface area contributed by atoms with Gasteiger partial charge in [-0.25, -0.2) is 0 Å². The average Bonchev–Trinajstić information content (AvgIpc) is 2.96. The number of aliphatic carboxylic acids is 1. The summed E-state index contributed by atoms with van der Waals surface area (Å²) >= 11 is 7.69. The molecule has 2 aromatic heterocycles. The van der Waals surface area contributed by atoms with Gasteiger partial charge in [0.1, 0.15) is 0 Å². The first kappa shape index (κ1) is 16.4. The van der Waals surface area contributed by atoms with Crippen LogP contribution in [-0.4, -0.2) is 34.0 Å². The largest absolute Gasteiger partial charge is 0.481 e. The van der Waals surface area contributed by atoms with Crippen molar-refractivity contribution in [2.45, 2.75) is 25.8 Å². The van der Waals surface area contributed by atoms with E-state index in [9.17, 15) is 9.90 Å². The molecule has 0 spiro atoms. The summed E-state index contributed by atoms with van der Waals surface area (Å²) in [7, 11) is 0. The standard InChI is InChI=1S/C17H19ClN2O2S/c1-11-2-3-13(19-10-11)16(14-4-5-15(18)23-14)20-8-6-12(7-9-20)17(21)22/h2-5,10,12,16H,6-9H2,1H3,(H,21,22). The molecule has 4 nitrogen and oxygen atoms in total. The number of nitrogens with zero attached hydrogens (tertiary/aromatic N) is 2. The van der Waals surface area contributed by atoms with Gasteiger partial charge in [-0.1, -0.05) is 17.7 Å². The summed E-state index contributed by atoms with van der Waals surface area (Å²) in [6.07, 6.45) is 3.23. The molecule has 3 rings (SSSR count). The van der Waals surface area contributed by atoms with Crippen LogP contribution in [-0.2, 0) is 4.79 Å². The van der Waals surface area contributed by atoms with Gasteiger partial charge in [0.15, 0.2) is 0 Å². The van der Waals surface area contributed by atoms with Crippen LogP contribution in [0.2, 0.25) is 4.34 Å². The lowest BCUT2D eigenvalue weighted by Crippen LogP contribution is -2.39. The zero-order valence-corrected chi connectivity index (χ0v) is 14.5. The summed E-state index contributed by atoms with van der Waals surface area (Å²) in [6.45, 7) is 3.53. The number of aryl methyl sites for hydroxylation is 1. The first-order valence-electron chi connectivity index (χ1n) is 7.69. The molecule has 1 N–H and O–H groups in total. The van der Waals surface area contributed by atoms with Crippen LogP contribution in [0.15, 0.2) is 30.5 Å². The van der Waals surface area contributed by atoms with Crippen LogP contribution in [0, 0.1) is 12.8 Å². The van der Waals surface area contributed by atoms with Gasteiger partial charge in [0.05, 0.1) is 22.0 Å². The van der Waals surface area contributed by atoms with E-state index < -0.39 is 5.97 Å². The number of thiophene rings is 1. The molecule has 0 aromatic carbocycles. The number of aromatic nitrogens is 1. The molecule has 2 aromatic rings. The van der Waals surface area contributed by atoms with Crippen LogP contribution in [0.3, 0.4) is 0 Å². The van der Waals surface area contributed by atoms with Crippen molar-refractivity contribution >= 4 is 28.9 Å². The number of piperidine rings is 1. The van der Waals surface area contributed by atoms with E-state index in [1.165, 1.54) is 0 Å². The summed E-state index contributed by atoms with van der Waals surface area (Å²) < 4.78 is 0.762. The average molecular weight is 351 g/mol. The van der Waals surface area contributed by atoms with Crippen LogP contribution in [0.1, 0.15) is 35.0 Å². The third kappa shape index (κ3) is 3.74. The van der Waals surface area contributed by atoms with Crippen molar-refractivity contribution in [3.8, 4) is 0 Å². The van der Waals surface area contributed by atoms with Crippen molar-refractivity contribution in [2.24, 2.45) is 5.92 Å². The number of pyridine rings is 1. The lowest BCUT2D eigenvalue weighted by Gasteiger charge is -2.35. The minimum atomic E-state index is -0.686. The summed E-state index contributed by atoms with van der Waals surface area (Å²) in [5, 5.41) is 9.18. The molecule has 0 amide bonds. The fourth-order valence-electron chi connectivity index (χ4n) is 3.03. The Balaban J connectivity index is 1.87. The second kappa shape index (κ2) is 6.99. The van der Waals surface area contributed by atoms with E-state index >= 15 is 0 Å². The van der Waals surface area contributed by atoms with Gasteiger partial charge in [-0.15, -0.1) is 11.3 Å². The number of likely N-dealkylation sites (tertiary alicyclic amines) is 1. The second-order valence-electron chi connectivity index (χ2n) is 5.95. The maximum Gasteiger partial charge on any atom is 0.306 e. The monoisotopic (exact) mass is 350 g/mol. The summed E-state index contributed by atoms with van der Waals surface area (Å²) in [4.78, 5) is 19.2. The highest BCUT2D eigenvalue weighted by Crippen LogP contribution is 2.36. The van der Waals surface area contributed by atoms with Gasteiger partial charge < -0.3 is 5.11 Å². The molecule has 3 heterocycles. The van der Waals surface area contributed by atoms with Gasteiger partial charge in [0.2, 0.25) is 0 Å². The minimum Gasteiger partial charge on any atom is -0.481 e. The van der Waals surface area contributed by atoms with Crippen LogP contribution in [0.5, 0.6) is 0 Å². The highest BCUT2D eigenvalue weighted by Gasteiger charge is 2.31. The Morgan fingerprint density at radius 1 is 1.35 bits per heavy atom. The Bertz CT molecular complexity index is 678. The fourth-order valence-corrected chi connectivity index (χ4v) is 4.24. The number of carbonyl (C=O) groups is 1. The molecule has 0 bridgehead atoms. The normalized spacial score (nSPS) is 18.0. The van der Waals surface area contributed by atoms with E-state index in [0.29, 0.717) is 12.8 Å². The van der Waals surface area contributed by atoms with Crippen molar-refractivity contribution in [1.82, 2.24) is 9.88 Å². The molecule has 1 fully saturated rings. The van der Waals surface area contributed by atoms with Crippen LogP contribution in [0.25, 0.3) is 0 Å². The van der Waals surface area contributed by atoms with E-state index in [2.05, 4.69) is 22.0 Å². The van der Waals surface area contributed by atoms with E-state index in [1.54, 1.807) is 11.3 Å². The summed E-state index contributed by atoms with van der Waals surface area (Å²) in [6, 6.07) is 8.11. The minimum absolute atomic E-state index is 0.0443. The molecular formula is C17H19ClN2O2S. The van der Waals surface area contributed by atoms with Gasteiger partial charge in [0, 0.05) is 11.1 Å². The highest BCUT2D eigenvalue weighted by molar-refractivity contribution is 7.16. The molecule has 122 valence electrons. The lowest BCUT2D eigenvalue weighted by molar-refractivity contribution is -0.143. The second-order valence-corrected chi connectivity index (χ2v) is 7.70. The van der Waals surface area contributed by atoms with Gasteiger partial charge in [-0.05, 0) is 56.6 Å². The molecule has 1 saturated heterocycles. The van der Waals surface area contributed by atoms with E-state index in [0.717, 1.165) is 33.6 Å². The molecule has 1 aliphatic heterocycles. The number of carboxylic acid groups (broad SMARTS) is 1. The number of carboxylic acids is 1. The Morgan fingerprint density at radius 2 is 2.09 bits per heavy atom. The number of hydrogen-bond acceptors (Lipinski definition) is 4. The Labute approximate surface area is 144 Å².